The van der Waals surface area contributed by atoms with Gasteiger partial charge in [-0.15, -0.1) is 16.0 Å². The van der Waals surface area contributed by atoms with Gasteiger partial charge in [0, 0.05) is 11.9 Å². The lowest BCUT2D eigenvalue weighted by Crippen LogP contribution is -2.76. The van der Waals surface area contributed by atoms with E-state index in [0.717, 1.165) is 34.1 Å². The molecule has 214 valence electrons. The zero-order valence-electron chi connectivity index (χ0n) is 22.1. The van der Waals surface area contributed by atoms with Crippen molar-refractivity contribution < 1.29 is 32.7 Å². The molecular weight excluding hydrogens is 560 g/mol. The molecule has 0 saturated carbocycles. The fraction of sp³-hybridized carbons (Fsp3) is 0.375. The average Bonchev–Trinajstić information content (AvgIpc) is 3.53. The second-order valence-electron chi connectivity index (χ2n) is 9.30. The number of hydrogen-bond donors (Lipinski definition) is 4. The Balaban J connectivity index is 1.34. The Bertz CT molecular complexity index is 1370. The average molecular weight is 592 g/mol. The van der Waals surface area contributed by atoms with E-state index in [4.69, 9.17) is 29.9 Å². The van der Waals surface area contributed by atoms with Gasteiger partial charge in [0.05, 0.1) is 23.8 Å². The van der Waals surface area contributed by atoms with Crippen molar-refractivity contribution in [1.82, 2.24) is 20.0 Å². The Labute approximate surface area is 238 Å². The number of nitrogen functional groups attached to an aromatic ring is 1. The maximum Gasteiger partial charge on any atom is 0.276 e. The highest BCUT2D eigenvalue weighted by Gasteiger charge is 2.57. The van der Waals surface area contributed by atoms with Crippen LogP contribution in [0.1, 0.15) is 19.5 Å². The van der Waals surface area contributed by atoms with Crippen LogP contribution in [0.25, 0.3) is 11.1 Å². The minimum atomic E-state index is -0.915. The number of nitrogens with one attached hydrogen (secondary N) is 1. The van der Waals surface area contributed by atoms with Gasteiger partial charge in [0.25, 0.3) is 11.8 Å². The summed E-state index contributed by atoms with van der Waals surface area (Å²) in [6, 6.07) is 6.71. The minimum Gasteiger partial charge on any atom is -0.490 e. The van der Waals surface area contributed by atoms with Crippen molar-refractivity contribution in [2.75, 3.05) is 25.5 Å². The molecular formula is C24H31N8O6S2+. The topological polar surface area (TPSA) is 183 Å². The number of oxime groups is 1. The van der Waals surface area contributed by atoms with Crippen molar-refractivity contribution >= 4 is 46.3 Å². The molecule has 6 N–H and O–H groups in total. The lowest BCUT2D eigenvalue weighted by Gasteiger charge is -2.50. The second kappa shape index (κ2) is 12.6. The fourth-order valence-corrected chi connectivity index (χ4v) is 4.95. The summed E-state index contributed by atoms with van der Waals surface area (Å²) < 4.78 is 23.5. The number of thiazole rings is 1. The molecule has 1 aromatic carbocycles. The van der Waals surface area contributed by atoms with Crippen LogP contribution in [0.5, 0.6) is 5.75 Å². The Kier molecular flexibility index (Phi) is 9.26. The van der Waals surface area contributed by atoms with Crippen molar-refractivity contribution in [3.05, 3.63) is 47.7 Å². The van der Waals surface area contributed by atoms with Gasteiger partial charge in [-0.1, -0.05) is 17.3 Å². The fourth-order valence-electron chi connectivity index (χ4n) is 4.07. The van der Waals surface area contributed by atoms with Crippen molar-refractivity contribution in [3.63, 3.8) is 0 Å². The second-order valence-corrected chi connectivity index (χ2v) is 10.5. The van der Waals surface area contributed by atoms with Crippen molar-refractivity contribution in [3.8, 4) is 16.9 Å². The Hall–Kier alpha value is -3.70. The molecule has 0 spiro atoms. The third-order valence-corrected chi connectivity index (χ3v) is 7.09. The van der Waals surface area contributed by atoms with Crippen molar-refractivity contribution in [2.24, 2.45) is 17.9 Å². The van der Waals surface area contributed by atoms with Gasteiger partial charge in [0.2, 0.25) is 6.20 Å². The highest BCUT2D eigenvalue weighted by Crippen LogP contribution is 2.33. The number of benzene rings is 1. The van der Waals surface area contributed by atoms with Gasteiger partial charge in [0.1, 0.15) is 24.1 Å². The summed E-state index contributed by atoms with van der Waals surface area (Å²) in [6.07, 6.45) is 4.07. The zero-order chi connectivity index (χ0) is 28.9. The van der Waals surface area contributed by atoms with E-state index in [2.05, 4.69) is 15.5 Å². The van der Waals surface area contributed by atoms with Crippen LogP contribution in [0.15, 0.2) is 47.2 Å². The summed E-state index contributed by atoms with van der Waals surface area (Å²) in [4.78, 5) is 34.9. The van der Waals surface area contributed by atoms with Gasteiger partial charge in [-0.3, -0.25) is 9.59 Å². The van der Waals surface area contributed by atoms with Crippen LogP contribution in [0.2, 0.25) is 0 Å². The van der Waals surface area contributed by atoms with Crippen molar-refractivity contribution in [1.29, 1.82) is 0 Å². The van der Waals surface area contributed by atoms with Gasteiger partial charge in [-0.05, 0) is 31.5 Å². The van der Waals surface area contributed by atoms with Crippen LogP contribution < -0.4 is 26.2 Å². The molecule has 4 rings (SSSR count). The number of carbonyl (C=O) groups excluding carboxylic acids is 2. The van der Waals surface area contributed by atoms with E-state index in [1.807, 2.05) is 53.1 Å². The Morgan fingerprint density at radius 1 is 1.30 bits per heavy atom. The summed E-state index contributed by atoms with van der Waals surface area (Å²) in [5.41, 5.74) is 12.6. The number of nitrogens with two attached hydrogens (primary N) is 2. The number of carbonyl (C=O) groups is 2. The molecule has 2 amide bonds. The number of hydrogen-bond acceptors (Lipinski definition) is 12. The highest BCUT2D eigenvalue weighted by atomic mass is 32.2. The van der Waals surface area contributed by atoms with E-state index < -0.39 is 23.4 Å². The monoisotopic (exact) mass is 591 g/mol. The lowest BCUT2D eigenvalue weighted by molar-refractivity contribution is -0.753. The third-order valence-electron chi connectivity index (χ3n) is 6.20. The molecule has 1 aliphatic rings. The molecule has 40 heavy (non-hydrogen) atoms. The standard InChI is InChI=1S/C24H30N8O6S2/c1-24(2)20(22(34)32(24)38-40-35)28-21(33)19(18-14-39-23(26)27-18)29-37-11-10-36-17-6-4-15(5-7-17)16-12-30(3)31(13-16)9-8-25/h4-7,12-14,20H,8-11,25H2,1-3H3,(H3-,26,27,28,33,35)/p+1/b29-19-/t20-/m1/s1. The molecule has 16 heteroatoms. The SMILES string of the molecule is C[n+]1cc(-c2ccc(OCCO/N=C(\C(=O)N[C@@H]3C(=O)N(OSO)C3(C)C)c3csc(N)n3)cc2)cn1CCN. The van der Waals surface area contributed by atoms with Crippen LogP contribution in [0.3, 0.4) is 0 Å². The first-order valence-corrected chi connectivity index (χ1v) is 13.8. The molecule has 3 aromatic rings. The first-order valence-electron chi connectivity index (χ1n) is 12.2. The minimum absolute atomic E-state index is 0.0408. The number of rotatable bonds is 13. The molecule has 0 aliphatic carbocycles. The molecule has 0 radical (unpaired) electrons. The Morgan fingerprint density at radius 2 is 2.05 bits per heavy atom. The number of anilines is 1. The smallest absolute Gasteiger partial charge is 0.276 e. The first-order chi connectivity index (χ1) is 19.1. The lowest BCUT2D eigenvalue weighted by atomic mass is 9.84. The molecule has 1 aliphatic heterocycles. The number of aromatic nitrogens is 3. The predicted octanol–water partition coefficient (Wildman–Crippen LogP) is 0.935. The summed E-state index contributed by atoms with van der Waals surface area (Å²) >= 11 is 1.18. The largest absolute Gasteiger partial charge is 0.490 e. The molecule has 1 saturated heterocycles. The molecule has 0 bridgehead atoms. The summed E-state index contributed by atoms with van der Waals surface area (Å²) in [5, 5.41) is 9.35. The summed E-state index contributed by atoms with van der Waals surface area (Å²) in [7, 11) is 1.96. The quantitative estimate of drug-likeness (QED) is 0.0557. The number of nitrogens with zero attached hydrogens (tertiary/aromatic N) is 5. The first kappa shape index (κ1) is 29.3. The molecule has 1 fully saturated rings. The van der Waals surface area contributed by atoms with Crippen LogP contribution in [0, 0.1) is 0 Å². The normalized spacial score (nSPS) is 16.5. The van der Waals surface area contributed by atoms with E-state index in [0.29, 0.717) is 12.3 Å². The van der Waals surface area contributed by atoms with Crippen molar-refractivity contribution in [2.45, 2.75) is 32.0 Å². The highest BCUT2D eigenvalue weighted by molar-refractivity contribution is 7.88. The number of aryl methyl sites for hydroxylation is 1. The summed E-state index contributed by atoms with van der Waals surface area (Å²) in [6.45, 7) is 4.84. The van der Waals surface area contributed by atoms with Gasteiger partial charge >= 0.3 is 0 Å². The number of hydroxylamine groups is 2. The predicted molar refractivity (Wildman–Crippen MR) is 149 cm³/mol. The Morgan fingerprint density at radius 3 is 2.67 bits per heavy atom. The maximum atomic E-state index is 13.0. The molecule has 14 nitrogen and oxygen atoms in total. The van der Waals surface area contributed by atoms with E-state index in [-0.39, 0.29) is 42.1 Å². The molecule has 1 atom stereocenters. The van der Waals surface area contributed by atoms with Gasteiger partial charge < -0.3 is 30.9 Å². The number of amides is 2. The van der Waals surface area contributed by atoms with E-state index >= 15 is 0 Å². The summed E-state index contributed by atoms with van der Waals surface area (Å²) in [5.74, 6) is -0.566. The van der Waals surface area contributed by atoms with E-state index in [1.54, 1.807) is 19.2 Å². The maximum absolute atomic E-state index is 13.0. The molecule has 2 aromatic heterocycles. The number of β-lactam (4-membered cyclic amide) rings is 1. The zero-order valence-corrected chi connectivity index (χ0v) is 23.8. The van der Waals surface area contributed by atoms with Gasteiger partial charge in [-0.25, -0.2) is 4.98 Å². The van der Waals surface area contributed by atoms with Crippen LogP contribution in [-0.2, 0) is 32.3 Å². The van der Waals surface area contributed by atoms with Gasteiger partial charge in [0.15, 0.2) is 36.8 Å². The third kappa shape index (κ3) is 6.37. The van der Waals surface area contributed by atoms with E-state index in [1.165, 1.54) is 0 Å². The van der Waals surface area contributed by atoms with E-state index in [9.17, 15) is 9.59 Å². The number of ether oxygens (including phenoxy) is 1. The van der Waals surface area contributed by atoms with Crippen LogP contribution >= 0.6 is 23.7 Å². The van der Waals surface area contributed by atoms with Crippen LogP contribution in [0.4, 0.5) is 5.13 Å². The van der Waals surface area contributed by atoms with Gasteiger partial charge in [-0.2, -0.15) is 14.0 Å². The molecule has 0 unspecified atom stereocenters. The van der Waals surface area contributed by atoms with Crippen LogP contribution in [-0.4, -0.2) is 68.1 Å². The molecule has 3 heterocycles.